The molecule has 0 aliphatic rings. The van der Waals surface area contributed by atoms with Crippen molar-refractivity contribution in [3.63, 3.8) is 0 Å². The Balaban J connectivity index is 2.26. The minimum atomic E-state index is -0.0304. The van der Waals surface area contributed by atoms with Gasteiger partial charge in [0.05, 0.1) is 0 Å². The quantitative estimate of drug-likeness (QED) is 0.771. The number of carbonyl (C=O) groups is 1. The summed E-state index contributed by atoms with van der Waals surface area (Å²) in [5.41, 5.74) is 5.44. The fourth-order valence-electron chi connectivity index (χ4n) is 1.44. The van der Waals surface area contributed by atoms with E-state index in [0.717, 1.165) is 12.8 Å². The largest absolute Gasteiger partial charge is 0.360 e. The van der Waals surface area contributed by atoms with Gasteiger partial charge in [-0.15, -0.1) is 0 Å². The number of amides is 1. The summed E-state index contributed by atoms with van der Waals surface area (Å²) in [5.74, 6) is 1.62. The van der Waals surface area contributed by atoms with E-state index < -0.39 is 0 Å². The van der Waals surface area contributed by atoms with Crippen molar-refractivity contribution in [2.45, 2.75) is 33.1 Å². The van der Waals surface area contributed by atoms with E-state index in [1.54, 1.807) is 13.0 Å². The summed E-state index contributed by atoms with van der Waals surface area (Å²) >= 11 is 0. The fourth-order valence-corrected chi connectivity index (χ4v) is 1.44. The normalized spacial score (nSPS) is 12.4. The van der Waals surface area contributed by atoms with Crippen LogP contribution in [-0.4, -0.2) is 17.6 Å². The van der Waals surface area contributed by atoms with E-state index in [1.807, 2.05) is 0 Å². The van der Waals surface area contributed by atoms with E-state index >= 15 is 0 Å². The lowest BCUT2D eigenvalue weighted by molar-refractivity contribution is -0.116. The average Bonchev–Trinajstić information content (AvgIpc) is 2.61. The molecule has 0 bridgehead atoms. The lowest BCUT2D eigenvalue weighted by Gasteiger charge is -2.08. The molecular weight excluding hydrogens is 206 g/mol. The molecule has 5 heteroatoms. The van der Waals surface area contributed by atoms with Crippen LogP contribution >= 0.6 is 0 Å². The molecule has 90 valence electrons. The number of carbonyl (C=O) groups excluding carboxylic acids is 1. The molecular formula is C11H19N3O2. The first-order valence-corrected chi connectivity index (χ1v) is 5.55. The second-order valence-corrected chi connectivity index (χ2v) is 4.09. The molecule has 1 unspecified atom stereocenters. The summed E-state index contributed by atoms with van der Waals surface area (Å²) in [6.07, 6.45) is 2.29. The predicted molar refractivity (Wildman–Crippen MR) is 61.9 cm³/mol. The van der Waals surface area contributed by atoms with Crippen LogP contribution in [0.1, 0.15) is 31.9 Å². The minimum absolute atomic E-state index is 0.0304. The summed E-state index contributed by atoms with van der Waals surface area (Å²) in [6.45, 7) is 4.55. The van der Waals surface area contributed by atoms with Crippen molar-refractivity contribution in [1.82, 2.24) is 5.16 Å². The molecule has 1 aromatic rings. The first kappa shape index (κ1) is 12.7. The van der Waals surface area contributed by atoms with Crippen LogP contribution < -0.4 is 11.1 Å². The number of nitrogens with zero attached hydrogens (tertiary/aromatic N) is 1. The molecule has 0 saturated heterocycles. The van der Waals surface area contributed by atoms with E-state index in [-0.39, 0.29) is 5.91 Å². The van der Waals surface area contributed by atoms with Gasteiger partial charge in [0.15, 0.2) is 5.82 Å². The predicted octanol–water partition coefficient (Wildman–Crippen LogP) is 1.69. The van der Waals surface area contributed by atoms with Crippen molar-refractivity contribution < 1.29 is 9.32 Å². The maximum atomic E-state index is 11.5. The maximum Gasteiger partial charge on any atom is 0.225 e. The molecule has 0 fully saturated rings. The molecule has 0 aliphatic carbocycles. The molecule has 0 saturated carbocycles. The molecule has 16 heavy (non-hydrogen) atoms. The third-order valence-corrected chi connectivity index (χ3v) is 2.42. The summed E-state index contributed by atoms with van der Waals surface area (Å²) in [6, 6.07) is 1.70. The zero-order chi connectivity index (χ0) is 12.0. The Morgan fingerprint density at radius 2 is 2.38 bits per heavy atom. The van der Waals surface area contributed by atoms with Gasteiger partial charge in [-0.2, -0.15) is 0 Å². The minimum Gasteiger partial charge on any atom is -0.360 e. The fraction of sp³-hybridized carbons (Fsp3) is 0.636. The zero-order valence-corrected chi connectivity index (χ0v) is 9.82. The van der Waals surface area contributed by atoms with Gasteiger partial charge < -0.3 is 15.6 Å². The second kappa shape index (κ2) is 6.27. The van der Waals surface area contributed by atoms with Crippen LogP contribution in [0.3, 0.4) is 0 Å². The smallest absolute Gasteiger partial charge is 0.225 e. The number of anilines is 1. The van der Waals surface area contributed by atoms with Crippen LogP contribution in [0.25, 0.3) is 0 Å². The van der Waals surface area contributed by atoms with Gasteiger partial charge in [-0.3, -0.25) is 4.79 Å². The number of hydrogen-bond acceptors (Lipinski definition) is 4. The van der Waals surface area contributed by atoms with Gasteiger partial charge in [0.2, 0.25) is 5.91 Å². The Kier molecular flexibility index (Phi) is 4.98. The average molecular weight is 225 g/mol. The van der Waals surface area contributed by atoms with Crippen molar-refractivity contribution in [2.75, 3.05) is 11.9 Å². The molecule has 1 amide bonds. The molecule has 3 N–H and O–H groups in total. The maximum absolute atomic E-state index is 11.5. The van der Waals surface area contributed by atoms with Crippen LogP contribution in [0.4, 0.5) is 5.82 Å². The van der Waals surface area contributed by atoms with Gasteiger partial charge in [-0.25, -0.2) is 0 Å². The molecule has 0 spiro atoms. The SMILES string of the molecule is Cc1cc(NC(=O)CCC(C)CCN)no1. The van der Waals surface area contributed by atoms with E-state index in [4.69, 9.17) is 10.3 Å². The van der Waals surface area contributed by atoms with E-state index in [0.29, 0.717) is 30.5 Å². The van der Waals surface area contributed by atoms with Crippen molar-refractivity contribution in [1.29, 1.82) is 0 Å². The molecule has 1 atom stereocenters. The van der Waals surface area contributed by atoms with Gasteiger partial charge in [-0.1, -0.05) is 12.1 Å². The Morgan fingerprint density at radius 1 is 1.62 bits per heavy atom. The van der Waals surface area contributed by atoms with Crippen LogP contribution in [0.15, 0.2) is 10.6 Å². The lowest BCUT2D eigenvalue weighted by Crippen LogP contribution is -2.14. The first-order valence-electron chi connectivity index (χ1n) is 5.55. The summed E-state index contributed by atoms with van der Waals surface area (Å²) < 4.78 is 4.85. The molecule has 0 aliphatic heterocycles. The third-order valence-electron chi connectivity index (χ3n) is 2.42. The standard InChI is InChI=1S/C11H19N3O2/c1-8(5-6-12)3-4-11(15)13-10-7-9(2)16-14-10/h7-8H,3-6,12H2,1-2H3,(H,13,14,15). The highest BCUT2D eigenvalue weighted by atomic mass is 16.5. The topological polar surface area (TPSA) is 81.2 Å². The van der Waals surface area contributed by atoms with Crippen molar-refractivity contribution in [3.8, 4) is 0 Å². The Labute approximate surface area is 95.4 Å². The molecule has 1 rings (SSSR count). The highest BCUT2D eigenvalue weighted by molar-refractivity contribution is 5.89. The zero-order valence-electron chi connectivity index (χ0n) is 9.82. The third kappa shape index (κ3) is 4.44. The van der Waals surface area contributed by atoms with Crippen LogP contribution in [0, 0.1) is 12.8 Å². The number of aryl methyl sites for hydroxylation is 1. The molecule has 0 aromatic carbocycles. The Morgan fingerprint density at radius 3 is 2.94 bits per heavy atom. The van der Waals surface area contributed by atoms with Gasteiger partial charge in [0.25, 0.3) is 0 Å². The van der Waals surface area contributed by atoms with Gasteiger partial charge in [0.1, 0.15) is 5.76 Å². The monoisotopic (exact) mass is 225 g/mol. The van der Waals surface area contributed by atoms with Crippen LogP contribution in [-0.2, 0) is 4.79 Å². The highest BCUT2D eigenvalue weighted by Gasteiger charge is 2.08. The summed E-state index contributed by atoms with van der Waals surface area (Å²) in [4.78, 5) is 11.5. The second-order valence-electron chi connectivity index (χ2n) is 4.09. The number of rotatable bonds is 6. The molecule has 0 radical (unpaired) electrons. The van der Waals surface area contributed by atoms with E-state index in [9.17, 15) is 4.79 Å². The Hall–Kier alpha value is -1.36. The van der Waals surface area contributed by atoms with Gasteiger partial charge in [-0.05, 0) is 32.2 Å². The molecule has 5 nitrogen and oxygen atoms in total. The Bertz CT molecular complexity index is 336. The first-order chi connectivity index (χ1) is 7.61. The van der Waals surface area contributed by atoms with E-state index in [1.165, 1.54) is 0 Å². The number of hydrogen-bond donors (Lipinski definition) is 2. The van der Waals surface area contributed by atoms with Crippen LogP contribution in [0.5, 0.6) is 0 Å². The van der Waals surface area contributed by atoms with Crippen molar-refractivity contribution >= 4 is 11.7 Å². The van der Waals surface area contributed by atoms with Crippen LogP contribution in [0.2, 0.25) is 0 Å². The highest BCUT2D eigenvalue weighted by Crippen LogP contribution is 2.11. The van der Waals surface area contributed by atoms with Crippen molar-refractivity contribution in [3.05, 3.63) is 11.8 Å². The molecule has 1 aromatic heterocycles. The van der Waals surface area contributed by atoms with Gasteiger partial charge >= 0.3 is 0 Å². The van der Waals surface area contributed by atoms with E-state index in [2.05, 4.69) is 17.4 Å². The summed E-state index contributed by atoms with van der Waals surface area (Å²) in [7, 11) is 0. The lowest BCUT2D eigenvalue weighted by atomic mass is 10.0. The van der Waals surface area contributed by atoms with Gasteiger partial charge in [0, 0.05) is 12.5 Å². The number of nitrogens with one attached hydrogen (secondary N) is 1. The number of aromatic nitrogens is 1. The molecule has 1 heterocycles. The summed E-state index contributed by atoms with van der Waals surface area (Å²) in [5, 5.41) is 6.38. The van der Waals surface area contributed by atoms with Crippen molar-refractivity contribution in [2.24, 2.45) is 11.7 Å². The number of nitrogens with two attached hydrogens (primary N) is 1.